The van der Waals surface area contributed by atoms with Crippen LogP contribution in [0.15, 0.2) is 18.2 Å². The van der Waals surface area contributed by atoms with Crippen molar-refractivity contribution < 1.29 is 33.4 Å². The van der Waals surface area contributed by atoms with E-state index >= 15 is 0 Å². The first-order chi connectivity index (χ1) is 16.2. The first-order valence-electron chi connectivity index (χ1n) is 11.4. The summed E-state index contributed by atoms with van der Waals surface area (Å²) in [6, 6.07) is 5.43. The van der Waals surface area contributed by atoms with Gasteiger partial charge in [-0.1, -0.05) is 17.9 Å². The zero-order valence-corrected chi connectivity index (χ0v) is 21.4. The van der Waals surface area contributed by atoms with Gasteiger partial charge in [0.15, 0.2) is 0 Å². The Morgan fingerprint density at radius 3 is 2.20 bits per heavy atom. The first kappa shape index (κ1) is 27.7. The maximum absolute atomic E-state index is 12.5. The molecule has 1 aromatic carbocycles. The zero-order chi connectivity index (χ0) is 26.4. The molecule has 3 amide bonds. The second-order valence-corrected chi connectivity index (χ2v) is 10.2. The van der Waals surface area contributed by atoms with Gasteiger partial charge >= 0.3 is 18.2 Å². The lowest BCUT2D eigenvalue weighted by atomic mass is 9.90. The van der Waals surface area contributed by atoms with E-state index in [2.05, 4.69) is 21.9 Å². The van der Waals surface area contributed by atoms with Gasteiger partial charge in [-0.15, -0.1) is 0 Å². The number of benzene rings is 1. The largest absolute Gasteiger partial charge is 0.469 e. The monoisotopic (exact) mass is 486 g/mol. The number of amides is 3. The van der Waals surface area contributed by atoms with Crippen molar-refractivity contribution >= 4 is 29.8 Å². The van der Waals surface area contributed by atoms with Crippen molar-refractivity contribution in [3.05, 3.63) is 29.3 Å². The molecule has 0 saturated carbocycles. The Morgan fingerprint density at radius 2 is 1.66 bits per heavy atom. The highest BCUT2D eigenvalue weighted by Crippen LogP contribution is 2.28. The van der Waals surface area contributed by atoms with Gasteiger partial charge in [0.05, 0.1) is 19.4 Å². The molecule has 0 bridgehead atoms. The number of hydrogen-bond donors (Lipinski definition) is 1. The van der Waals surface area contributed by atoms with Gasteiger partial charge in [0.2, 0.25) is 5.91 Å². The number of methoxy groups -OCH3 is 1. The molecular weight excluding hydrogens is 452 g/mol. The summed E-state index contributed by atoms with van der Waals surface area (Å²) in [4.78, 5) is 49.8. The van der Waals surface area contributed by atoms with E-state index in [4.69, 9.17) is 9.47 Å². The van der Waals surface area contributed by atoms with E-state index in [9.17, 15) is 19.2 Å². The molecule has 35 heavy (non-hydrogen) atoms. The fraction of sp³-hybridized carbons (Fsp3) is 0.538. The molecule has 2 rings (SSSR count). The third kappa shape index (κ3) is 8.96. The molecule has 9 nitrogen and oxygen atoms in total. The Hall–Kier alpha value is -3.54. The Balaban J connectivity index is 2.08. The van der Waals surface area contributed by atoms with Gasteiger partial charge in [-0.05, 0) is 65.7 Å². The summed E-state index contributed by atoms with van der Waals surface area (Å²) in [7, 11) is 1.29. The lowest BCUT2D eigenvalue weighted by Crippen LogP contribution is -2.44. The highest BCUT2D eigenvalue weighted by molar-refractivity contribution is 5.97. The summed E-state index contributed by atoms with van der Waals surface area (Å²) < 4.78 is 15.3. The normalized spacial score (nSPS) is 15.1. The predicted octanol–water partition coefficient (Wildman–Crippen LogP) is 4.27. The van der Waals surface area contributed by atoms with Crippen molar-refractivity contribution in [2.45, 2.75) is 72.0 Å². The average molecular weight is 487 g/mol. The number of nitrogens with zero attached hydrogens (tertiary/aromatic N) is 1. The number of carbonyl (C=O) groups is 4. The summed E-state index contributed by atoms with van der Waals surface area (Å²) in [5.74, 6) is 4.79. The maximum atomic E-state index is 12.5. The molecule has 9 heteroatoms. The SMILES string of the molecule is COC(=O)CC1Cc2ccc(C#CCCN(C(=O)OC(C)(C)C)C(=O)OC(C)(C)C)cc2NC1=O. The van der Waals surface area contributed by atoms with Crippen molar-refractivity contribution in [1.82, 2.24) is 4.90 Å². The zero-order valence-electron chi connectivity index (χ0n) is 21.4. The van der Waals surface area contributed by atoms with Crippen LogP contribution in [-0.2, 0) is 30.2 Å². The fourth-order valence-corrected chi connectivity index (χ4v) is 3.21. The smallest absolute Gasteiger partial charge is 0.419 e. The lowest BCUT2D eigenvalue weighted by Gasteiger charge is -2.28. The number of imide groups is 1. The summed E-state index contributed by atoms with van der Waals surface area (Å²) in [5.41, 5.74) is 0.674. The molecule has 1 aromatic rings. The van der Waals surface area contributed by atoms with Crippen LogP contribution in [0, 0.1) is 17.8 Å². The fourth-order valence-electron chi connectivity index (χ4n) is 3.21. The Bertz CT molecular complexity index is 1010. The Labute approximate surface area is 206 Å². The average Bonchev–Trinajstić information content (AvgIpc) is 2.71. The van der Waals surface area contributed by atoms with Gasteiger partial charge in [-0.25, -0.2) is 14.5 Å². The van der Waals surface area contributed by atoms with Crippen molar-refractivity contribution in [2.75, 3.05) is 19.0 Å². The number of fused-ring (bicyclic) bond motifs is 1. The quantitative estimate of drug-likeness (QED) is 0.384. The highest BCUT2D eigenvalue weighted by atomic mass is 16.6. The van der Waals surface area contributed by atoms with Crippen molar-refractivity contribution in [3.63, 3.8) is 0 Å². The molecule has 1 heterocycles. The third-order valence-electron chi connectivity index (χ3n) is 4.77. The summed E-state index contributed by atoms with van der Waals surface area (Å²) in [6.07, 6.45) is -0.943. The van der Waals surface area contributed by atoms with Crippen LogP contribution in [0.4, 0.5) is 15.3 Å². The number of esters is 1. The van der Waals surface area contributed by atoms with Crippen LogP contribution in [0.2, 0.25) is 0 Å². The van der Waals surface area contributed by atoms with E-state index in [-0.39, 0.29) is 25.3 Å². The molecule has 1 aliphatic heterocycles. The molecule has 0 saturated heterocycles. The van der Waals surface area contributed by atoms with Gasteiger partial charge in [-0.3, -0.25) is 9.59 Å². The predicted molar refractivity (Wildman–Crippen MR) is 130 cm³/mol. The van der Waals surface area contributed by atoms with E-state index in [0.717, 1.165) is 10.5 Å². The van der Waals surface area contributed by atoms with Crippen LogP contribution >= 0.6 is 0 Å². The molecule has 0 fully saturated rings. The molecule has 1 aliphatic rings. The first-order valence-corrected chi connectivity index (χ1v) is 11.4. The molecule has 190 valence electrons. The van der Waals surface area contributed by atoms with E-state index in [1.165, 1.54) is 7.11 Å². The van der Waals surface area contributed by atoms with E-state index in [1.54, 1.807) is 47.6 Å². The van der Waals surface area contributed by atoms with Gasteiger partial charge in [-0.2, -0.15) is 0 Å². The third-order valence-corrected chi connectivity index (χ3v) is 4.77. The number of carbonyl (C=O) groups excluding carboxylic acids is 4. The second-order valence-electron chi connectivity index (χ2n) is 10.2. The van der Waals surface area contributed by atoms with Crippen molar-refractivity contribution in [1.29, 1.82) is 0 Å². The Morgan fingerprint density at radius 1 is 1.06 bits per heavy atom. The number of ether oxygens (including phenoxy) is 3. The van der Waals surface area contributed by atoms with E-state index in [1.807, 2.05) is 12.1 Å². The molecule has 1 atom stereocenters. The number of anilines is 1. The number of nitrogens with one attached hydrogen (secondary N) is 1. The van der Waals surface area contributed by atoms with Crippen LogP contribution in [0.3, 0.4) is 0 Å². The van der Waals surface area contributed by atoms with Gasteiger partial charge in [0.1, 0.15) is 11.2 Å². The second kappa shape index (κ2) is 11.3. The summed E-state index contributed by atoms with van der Waals surface area (Å²) >= 11 is 0. The standard InChI is InChI=1S/C26H34N2O7/c1-25(2,3)34-23(31)28(24(32)35-26(4,5)6)13-9-8-10-17-11-12-18-15-19(16-21(29)33-7)22(30)27-20(18)14-17/h11-12,14,19H,9,13,15-16H2,1-7H3,(H,27,30). The molecule has 0 radical (unpaired) electrons. The van der Waals surface area contributed by atoms with Crippen LogP contribution in [0.5, 0.6) is 0 Å². The van der Waals surface area contributed by atoms with Crippen LogP contribution in [0.1, 0.15) is 65.5 Å². The maximum Gasteiger partial charge on any atom is 0.419 e. The molecule has 0 aliphatic carbocycles. The summed E-state index contributed by atoms with van der Waals surface area (Å²) in [6.45, 7) is 10.3. The van der Waals surface area contributed by atoms with Gasteiger partial charge < -0.3 is 19.5 Å². The lowest BCUT2D eigenvalue weighted by molar-refractivity contribution is -0.143. The van der Waals surface area contributed by atoms with Crippen molar-refractivity contribution in [2.24, 2.45) is 5.92 Å². The van der Waals surface area contributed by atoms with E-state index in [0.29, 0.717) is 17.7 Å². The topological polar surface area (TPSA) is 111 Å². The number of hydrogen-bond acceptors (Lipinski definition) is 7. The molecule has 1 unspecified atom stereocenters. The van der Waals surface area contributed by atoms with Gasteiger partial charge in [0.25, 0.3) is 0 Å². The van der Waals surface area contributed by atoms with E-state index < -0.39 is 35.3 Å². The molecule has 0 aromatic heterocycles. The minimum atomic E-state index is -0.799. The van der Waals surface area contributed by atoms with Crippen LogP contribution in [0.25, 0.3) is 0 Å². The minimum Gasteiger partial charge on any atom is -0.469 e. The van der Waals surface area contributed by atoms with Gasteiger partial charge in [0, 0.05) is 24.2 Å². The minimum absolute atomic E-state index is 0.00624. The molecular formula is C26H34N2O7. The van der Waals surface area contributed by atoms with Crippen LogP contribution < -0.4 is 5.32 Å². The molecule has 0 spiro atoms. The summed E-state index contributed by atoms with van der Waals surface area (Å²) in [5, 5.41) is 2.82. The van der Waals surface area contributed by atoms with Crippen molar-refractivity contribution in [3.8, 4) is 11.8 Å². The highest BCUT2D eigenvalue weighted by Gasteiger charge is 2.31. The Kier molecular flexibility index (Phi) is 8.91. The molecule has 1 N–H and O–H groups in total. The van der Waals surface area contributed by atoms with Crippen LogP contribution in [-0.4, -0.2) is 53.8 Å². The number of rotatable bonds is 4.